The van der Waals surface area contributed by atoms with E-state index < -0.39 is 6.04 Å². The molecule has 2 aromatic carbocycles. The third-order valence-corrected chi connectivity index (χ3v) is 4.69. The molecule has 0 aliphatic carbocycles. The van der Waals surface area contributed by atoms with Gasteiger partial charge in [0.1, 0.15) is 11.8 Å². The number of carbonyl (C=O) groups excluding carboxylic acids is 2. The third kappa shape index (κ3) is 6.43. The van der Waals surface area contributed by atoms with Crippen molar-refractivity contribution in [2.45, 2.75) is 32.9 Å². The van der Waals surface area contributed by atoms with Crippen LogP contribution in [0.1, 0.15) is 25.8 Å². The van der Waals surface area contributed by atoms with E-state index in [2.05, 4.69) is 5.32 Å². The molecule has 0 aromatic heterocycles. The van der Waals surface area contributed by atoms with Gasteiger partial charge in [-0.05, 0) is 43.2 Å². The van der Waals surface area contributed by atoms with E-state index in [0.717, 1.165) is 12.0 Å². The molecule has 1 N–H and O–H groups in total. The lowest BCUT2D eigenvalue weighted by Gasteiger charge is -2.28. The van der Waals surface area contributed by atoms with E-state index in [-0.39, 0.29) is 25.0 Å². The van der Waals surface area contributed by atoms with E-state index in [1.165, 1.54) is 4.90 Å². The highest BCUT2D eigenvalue weighted by Gasteiger charge is 2.26. The van der Waals surface area contributed by atoms with Crippen LogP contribution in [0.3, 0.4) is 0 Å². The first-order chi connectivity index (χ1) is 13.4. The summed E-state index contributed by atoms with van der Waals surface area (Å²) in [6.45, 7) is 4.24. The lowest BCUT2D eigenvalue weighted by atomic mass is 10.1. The van der Waals surface area contributed by atoms with Crippen LogP contribution in [0.15, 0.2) is 48.5 Å². The van der Waals surface area contributed by atoms with Gasteiger partial charge >= 0.3 is 0 Å². The third-order valence-electron chi connectivity index (χ3n) is 4.15. The summed E-state index contributed by atoms with van der Waals surface area (Å²) < 4.78 is 5.57. The molecule has 2 aromatic rings. The SMILES string of the molecule is CCCNC(=O)C(C)N(Cc1cccc(Cl)c1)C(=O)COc1ccccc1Cl. The van der Waals surface area contributed by atoms with Gasteiger partial charge in [0.05, 0.1) is 5.02 Å². The number of carbonyl (C=O) groups is 2. The summed E-state index contributed by atoms with van der Waals surface area (Å²) >= 11 is 12.1. The van der Waals surface area contributed by atoms with Crippen LogP contribution in [0.5, 0.6) is 5.75 Å². The van der Waals surface area contributed by atoms with Crippen molar-refractivity contribution < 1.29 is 14.3 Å². The van der Waals surface area contributed by atoms with Crippen LogP contribution < -0.4 is 10.1 Å². The van der Waals surface area contributed by atoms with E-state index in [0.29, 0.717) is 22.3 Å². The van der Waals surface area contributed by atoms with Crippen molar-refractivity contribution in [3.8, 4) is 5.75 Å². The Balaban J connectivity index is 2.14. The Morgan fingerprint density at radius 1 is 1.14 bits per heavy atom. The van der Waals surface area contributed by atoms with Gasteiger partial charge in [-0.3, -0.25) is 9.59 Å². The van der Waals surface area contributed by atoms with Gasteiger partial charge in [0.15, 0.2) is 6.61 Å². The molecule has 0 spiro atoms. The average molecular weight is 423 g/mol. The number of halogens is 2. The first kappa shape index (κ1) is 22.1. The quantitative estimate of drug-likeness (QED) is 0.654. The van der Waals surface area contributed by atoms with Crippen molar-refractivity contribution in [1.82, 2.24) is 10.2 Å². The van der Waals surface area contributed by atoms with Crippen molar-refractivity contribution in [1.29, 1.82) is 0 Å². The Morgan fingerprint density at radius 3 is 2.57 bits per heavy atom. The molecule has 1 atom stereocenters. The Morgan fingerprint density at radius 2 is 1.89 bits per heavy atom. The molecular formula is C21H24Cl2N2O3. The zero-order valence-electron chi connectivity index (χ0n) is 16.0. The Bertz CT molecular complexity index is 814. The molecule has 28 heavy (non-hydrogen) atoms. The first-order valence-electron chi connectivity index (χ1n) is 9.11. The molecule has 5 nitrogen and oxygen atoms in total. The molecule has 0 aliphatic rings. The van der Waals surface area contributed by atoms with E-state index in [4.69, 9.17) is 27.9 Å². The van der Waals surface area contributed by atoms with Gasteiger partial charge in [0, 0.05) is 18.1 Å². The topological polar surface area (TPSA) is 58.6 Å². The minimum atomic E-state index is -0.659. The Hall–Kier alpha value is -2.24. The van der Waals surface area contributed by atoms with E-state index in [1.54, 1.807) is 43.3 Å². The lowest BCUT2D eigenvalue weighted by molar-refractivity contribution is -0.142. The number of nitrogens with zero attached hydrogens (tertiary/aromatic N) is 1. The van der Waals surface area contributed by atoms with Gasteiger partial charge in [-0.1, -0.05) is 54.4 Å². The van der Waals surface area contributed by atoms with Crippen molar-refractivity contribution in [2.75, 3.05) is 13.2 Å². The molecule has 0 radical (unpaired) electrons. The monoisotopic (exact) mass is 422 g/mol. The number of rotatable bonds is 9. The highest BCUT2D eigenvalue weighted by atomic mass is 35.5. The van der Waals surface area contributed by atoms with E-state index in [9.17, 15) is 9.59 Å². The van der Waals surface area contributed by atoms with Crippen LogP contribution in [0.4, 0.5) is 0 Å². The van der Waals surface area contributed by atoms with E-state index >= 15 is 0 Å². The van der Waals surface area contributed by atoms with Gasteiger partial charge in [-0.15, -0.1) is 0 Å². The molecule has 0 fully saturated rings. The van der Waals surface area contributed by atoms with Gasteiger partial charge in [-0.2, -0.15) is 0 Å². The van der Waals surface area contributed by atoms with Crippen LogP contribution in [0.25, 0.3) is 0 Å². The van der Waals surface area contributed by atoms with E-state index in [1.807, 2.05) is 19.1 Å². The molecule has 0 aliphatic heterocycles. The zero-order chi connectivity index (χ0) is 20.5. The van der Waals surface area contributed by atoms with Crippen LogP contribution >= 0.6 is 23.2 Å². The predicted octanol–water partition coefficient (Wildman–Crippen LogP) is 4.32. The molecule has 0 saturated heterocycles. The van der Waals surface area contributed by atoms with Crippen molar-refractivity contribution in [3.63, 3.8) is 0 Å². The van der Waals surface area contributed by atoms with Crippen LogP contribution in [0.2, 0.25) is 10.0 Å². The number of nitrogens with one attached hydrogen (secondary N) is 1. The fourth-order valence-corrected chi connectivity index (χ4v) is 3.00. The fourth-order valence-electron chi connectivity index (χ4n) is 2.59. The maximum atomic E-state index is 12.9. The Labute approximate surface area is 175 Å². The summed E-state index contributed by atoms with van der Waals surface area (Å²) in [6, 6.07) is 13.5. The predicted molar refractivity (Wildman–Crippen MR) is 112 cm³/mol. The second-order valence-electron chi connectivity index (χ2n) is 6.34. The molecule has 1 unspecified atom stereocenters. The molecule has 0 heterocycles. The summed E-state index contributed by atoms with van der Waals surface area (Å²) in [6.07, 6.45) is 0.816. The van der Waals surface area contributed by atoms with Crippen LogP contribution in [0, 0.1) is 0 Å². The average Bonchev–Trinajstić information content (AvgIpc) is 2.69. The zero-order valence-corrected chi connectivity index (χ0v) is 17.5. The lowest BCUT2D eigenvalue weighted by Crippen LogP contribution is -2.49. The highest BCUT2D eigenvalue weighted by Crippen LogP contribution is 2.23. The number of hydrogen-bond acceptors (Lipinski definition) is 3. The number of para-hydroxylation sites is 1. The molecule has 2 amide bonds. The van der Waals surface area contributed by atoms with Crippen molar-refractivity contribution in [2.24, 2.45) is 0 Å². The second-order valence-corrected chi connectivity index (χ2v) is 7.18. The minimum absolute atomic E-state index is 0.213. The van der Waals surface area contributed by atoms with Gasteiger partial charge in [0.2, 0.25) is 5.91 Å². The first-order valence-corrected chi connectivity index (χ1v) is 9.87. The summed E-state index contributed by atoms with van der Waals surface area (Å²) in [5, 5.41) is 3.82. The normalized spacial score (nSPS) is 11.6. The summed E-state index contributed by atoms with van der Waals surface area (Å²) in [7, 11) is 0. The summed E-state index contributed by atoms with van der Waals surface area (Å²) in [5.74, 6) is -0.114. The van der Waals surface area contributed by atoms with Crippen molar-refractivity contribution >= 4 is 35.0 Å². The number of hydrogen-bond donors (Lipinski definition) is 1. The number of amides is 2. The van der Waals surface area contributed by atoms with Crippen molar-refractivity contribution in [3.05, 3.63) is 64.1 Å². The molecule has 150 valence electrons. The fraction of sp³-hybridized carbons (Fsp3) is 0.333. The van der Waals surface area contributed by atoms with Crippen LogP contribution in [-0.4, -0.2) is 35.9 Å². The maximum Gasteiger partial charge on any atom is 0.261 e. The molecular weight excluding hydrogens is 399 g/mol. The number of ether oxygens (including phenoxy) is 1. The van der Waals surface area contributed by atoms with Gasteiger partial charge < -0.3 is 15.0 Å². The molecule has 0 saturated carbocycles. The highest BCUT2D eigenvalue weighted by molar-refractivity contribution is 6.32. The smallest absolute Gasteiger partial charge is 0.261 e. The van der Waals surface area contributed by atoms with Gasteiger partial charge in [-0.25, -0.2) is 0 Å². The summed E-state index contributed by atoms with van der Waals surface area (Å²) in [5.41, 5.74) is 0.828. The maximum absolute atomic E-state index is 12.9. The standard InChI is InChI=1S/C21H24Cl2N2O3/c1-3-11-24-21(27)15(2)25(13-16-7-6-8-17(22)12-16)20(26)14-28-19-10-5-4-9-18(19)23/h4-10,12,15H,3,11,13-14H2,1-2H3,(H,24,27). The Kier molecular flexibility index (Phi) is 8.61. The minimum Gasteiger partial charge on any atom is -0.482 e. The summed E-state index contributed by atoms with van der Waals surface area (Å²) in [4.78, 5) is 26.8. The second kappa shape index (κ2) is 10.9. The number of benzene rings is 2. The van der Waals surface area contributed by atoms with Gasteiger partial charge in [0.25, 0.3) is 5.91 Å². The molecule has 0 bridgehead atoms. The molecule has 7 heteroatoms. The van der Waals surface area contributed by atoms with Crippen LogP contribution in [-0.2, 0) is 16.1 Å². The largest absolute Gasteiger partial charge is 0.482 e. The molecule has 2 rings (SSSR count).